The molecule has 1 atom stereocenters. The molecular formula is C42H36O2. The smallest absolute Gasteiger partial charge is 0.181 e. The molecule has 1 saturated carbocycles. The number of hydrogen-bond donors (Lipinski definition) is 1. The van der Waals surface area contributed by atoms with Crippen LogP contribution in [0.1, 0.15) is 60.4 Å². The topological polar surface area (TPSA) is 29.5 Å². The predicted molar refractivity (Wildman–Crippen MR) is 181 cm³/mol. The molecule has 0 aromatic heterocycles. The van der Waals surface area contributed by atoms with Gasteiger partial charge in [0.05, 0.1) is 0 Å². The van der Waals surface area contributed by atoms with E-state index in [1.54, 1.807) is 12.2 Å². The molecule has 216 valence electrons. The number of hydrogen-bond acceptors (Lipinski definition) is 2. The fraction of sp³-hybridized carbons (Fsp3) is 0.190. The van der Waals surface area contributed by atoms with Gasteiger partial charge in [-0.1, -0.05) is 128 Å². The normalized spacial score (nSPS) is 20.9. The van der Waals surface area contributed by atoms with Gasteiger partial charge < -0.3 is 9.84 Å². The SMILES string of the molecule is C=C/C=C(\O)C1(C)C=Cc2c3c(c4ccccc4c2O1)-c1ccccc1C31CCC(c2ccccc2)(c2ccccc2)CC1. The average molecular weight is 573 g/mol. The van der Waals surface area contributed by atoms with E-state index in [0.717, 1.165) is 42.4 Å². The van der Waals surface area contributed by atoms with E-state index >= 15 is 0 Å². The largest absolute Gasteiger partial charge is 0.508 e. The first-order chi connectivity index (χ1) is 21.5. The van der Waals surface area contributed by atoms with E-state index in [0.29, 0.717) is 0 Å². The number of ether oxygens (including phenoxy) is 1. The van der Waals surface area contributed by atoms with Crippen LogP contribution < -0.4 is 4.74 Å². The molecule has 2 heteroatoms. The van der Waals surface area contributed by atoms with Gasteiger partial charge in [-0.15, -0.1) is 0 Å². The van der Waals surface area contributed by atoms with E-state index < -0.39 is 5.60 Å². The van der Waals surface area contributed by atoms with Gasteiger partial charge in [0.2, 0.25) is 0 Å². The van der Waals surface area contributed by atoms with E-state index in [1.165, 1.54) is 38.8 Å². The van der Waals surface area contributed by atoms with Crippen LogP contribution in [0.25, 0.3) is 28.0 Å². The summed E-state index contributed by atoms with van der Waals surface area (Å²) >= 11 is 0. The fourth-order valence-corrected chi connectivity index (χ4v) is 8.51. The van der Waals surface area contributed by atoms with Crippen LogP contribution in [0.2, 0.25) is 0 Å². The molecule has 1 unspecified atom stereocenters. The minimum atomic E-state index is -0.973. The summed E-state index contributed by atoms with van der Waals surface area (Å²) in [5, 5.41) is 13.3. The lowest BCUT2D eigenvalue weighted by atomic mass is 9.56. The van der Waals surface area contributed by atoms with Gasteiger partial charge in [0.1, 0.15) is 11.5 Å². The Bertz CT molecular complexity index is 1930. The predicted octanol–water partition coefficient (Wildman–Crippen LogP) is 10.5. The van der Waals surface area contributed by atoms with Crippen molar-refractivity contribution in [3.05, 3.63) is 168 Å². The Balaban J connectivity index is 1.36. The number of fused-ring (bicyclic) bond motifs is 10. The van der Waals surface area contributed by atoms with Gasteiger partial charge in [-0.25, -0.2) is 0 Å². The van der Waals surface area contributed by atoms with Crippen LogP contribution in [0, 0.1) is 0 Å². The van der Waals surface area contributed by atoms with Crippen molar-refractivity contribution in [1.82, 2.24) is 0 Å². The van der Waals surface area contributed by atoms with Gasteiger partial charge in [-0.2, -0.15) is 0 Å². The van der Waals surface area contributed by atoms with E-state index in [-0.39, 0.29) is 16.6 Å². The average Bonchev–Trinajstić information content (AvgIpc) is 3.36. The van der Waals surface area contributed by atoms with Gasteiger partial charge >= 0.3 is 0 Å². The number of aliphatic hydroxyl groups excluding tert-OH is 1. The molecule has 5 aromatic rings. The second-order valence-corrected chi connectivity index (χ2v) is 12.8. The first-order valence-corrected chi connectivity index (χ1v) is 15.7. The third kappa shape index (κ3) is 3.67. The van der Waals surface area contributed by atoms with Crippen LogP contribution in [-0.4, -0.2) is 10.7 Å². The Kier molecular flexibility index (Phi) is 6.00. The molecule has 44 heavy (non-hydrogen) atoms. The van der Waals surface area contributed by atoms with Crippen molar-refractivity contribution < 1.29 is 9.84 Å². The minimum absolute atomic E-state index is 0.0471. The molecule has 1 fully saturated rings. The summed E-state index contributed by atoms with van der Waals surface area (Å²) < 4.78 is 6.83. The molecule has 1 N–H and O–H groups in total. The summed E-state index contributed by atoms with van der Waals surface area (Å²) in [5.41, 5.74) is 8.27. The van der Waals surface area contributed by atoms with E-state index in [4.69, 9.17) is 4.74 Å². The molecule has 1 aliphatic heterocycles. The highest BCUT2D eigenvalue weighted by Crippen LogP contribution is 2.64. The second-order valence-electron chi connectivity index (χ2n) is 12.8. The van der Waals surface area contributed by atoms with Crippen molar-refractivity contribution in [2.75, 3.05) is 0 Å². The monoisotopic (exact) mass is 572 g/mol. The standard InChI is InChI=1S/C42H36O2/c1-3-14-36(43)40(2)24-23-34-38-37(31-19-10-11-20-32(31)39(34)44-40)33-21-12-13-22-35(33)42(38)27-25-41(26-28-42,29-15-6-4-7-16-29)30-17-8-5-9-18-30/h3-24,43H,1,25-28H2,2H3/b36-14-. The van der Waals surface area contributed by atoms with Gasteiger partial charge in [0.25, 0.3) is 0 Å². The highest BCUT2D eigenvalue weighted by Gasteiger charge is 2.52. The molecular weight excluding hydrogens is 536 g/mol. The molecule has 5 aromatic carbocycles. The van der Waals surface area contributed by atoms with Crippen molar-refractivity contribution in [3.63, 3.8) is 0 Å². The Morgan fingerprint density at radius 3 is 1.95 bits per heavy atom. The third-order valence-electron chi connectivity index (χ3n) is 10.7. The molecule has 0 amide bonds. The number of benzene rings is 5. The molecule has 0 radical (unpaired) electrons. The molecule has 0 bridgehead atoms. The van der Waals surface area contributed by atoms with E-state index in [1.807, 2.05) is 13.0 Å². The van der Waals surface area contributed by atoms with E-state index in [9.17, 15) is 5.11 Å². The van der Waals surface area contributed by atoms with Gasteiger partial charge in [0, 0.05) is 21.8 Å². The number of allylic oxidation sites excluding steroid dienone is 2. The summed E-state index contributed by atoms with van der Waals surface area (Å²) in [6, 6.07) is 39.9. The van der Waals surface area contributed by atoms with Gasteiger partial charge in [0.15, 0.2) is 5.60 Å². The summed E-state index contributed by atoms with van der Waals surface area (Å²) in [6.07, 6.45) is 11.6. The summed E-state index contributed by atoms with van der Waals surface area (Å²) in [4.78, 5) is 0. The van der Waals surface area contributed by atoms with Crippen LogP contribution in [0.5, 0.6) is 5.75 Å². The minimum Gasteiger partial charge on any atom is -0.508 e. The van der Waals surface area contributed by atoms with Crippen LogP contribution in [0.4, 0.5) is 0 Å². The zero-order chi connectivity index (χ0) is 29.9. The van der Waals surface area contributed by atoms with Crippen molar-refractivity contribution >= 4 is 16.8 Å². The lowest BCUT2D eigenvalue weighted by Crippen LogP contribution is -2.41. The molecule has 1 spiro atoms. The number of aliphatic hydroxyl groups is 1. The third-order valence-corrected chi connectivity index (χ3v) is 10.7. The van der Waals surface area contributed by atoms with Gasteiger partial charge in [-0.05, 0) is 83.5 Å². The summed E-state index contributed by atoms with van der Waals surface area (Å²) in [5.74, 6) is 0.994. The summed E-state index contributed by atoms with van der Waals surface area (Å²) in [7, 11) is 0. The maximum absolute atomic E-state index is 11.0. The van der Waals surface area contributed by atoms with Crippen LogP contribution in [0.15, 0.2) is 140 Å². The molecule has 0 saturated heterocycles. The Morgan fingerprint density at radius 1 is 0.727 bits per heavy atom. The van der Waals surface area contributed by atoms with Crippen molar-refractivity contribution in [2.24, 2.45) is 0 Å². The van der Waals surface area contributed by atoms with Gasteiger partial charge in [-0.3, -0.25) is 0 Å². The highest BCUT2D eigenvalue weighted by molar-refractivity contribution is 6.08. The molecule has 8 rings (SSSR count). The zero-order valence-electron chi connectivity index (χ0n) is 25.1. The molecule has 3 aliphatic rings. The van der Waals surface area contributed by atoms with Crippen LogP contribution >= 0.6 is 0 Å². The molecule has 2 nitrogen and oxygen atoms in total. The Labute approximate surface area is 259 Å². The Morgan fingerprint density at radius 2 is 1.30 bits per heavy atom. The van der Waals surface area contributed by atoms with Crippen LogP contribution in [-0.2, 0) is 10.8 Å². The molecule has 2 aliphatic carbocycles. The first kappa shape index (κ1) is 26.8. The van der Waals surface area contributed by atoms with E-state index in [2.05, 4.69) is 122 Å². The zero-order valence-corrected chi connectivity index (χ0v) is 25.1. The van der Waals surface area contributed by atoms with Crippen LogP contribution in [0.3, 0.4) is 0 Å². The first-order valence-electron chi connectivity index (χ1n) is 15.7. The maximum Gasteiger partial charge on any atom is 0.181 e. The maximum atomic E-state index is 11.0. The quantitative estimate of drug-likeness (QED) is 0.171. The lowest BCUT2D eigenvalue weighted by molar-refractivity contribution is 0.122. The fourth-order valence-electron chi connectivity index (χ4n) is 8.51. The van der Waals surface area contributed by atoms with Crippen molar-refractivity contribution in [2.45, 2.75) is 49.0 Å². The second kappa shape index (κ2) is 9.86. The lowest BCUT2D eigenvalue weighted by Gasteiger charge is -2.47. The summed E-state index contributed by atoms with van der Waals surface area (Å²) in [6.45, 7) is 5.71. The van der Waals surface area contributed by atoms with Crippen molar-refractivity contribution in [3.8, 4) is 16.9 Å². The Hall–Kier alpha value is -4.82. The van der Waals surface area contributed by atoms with Crippen molar-refractivity contribution in [1.29, 1.82) is 0 Å². The number of rotatable bonds is 4. The molecule has 1 heterocycles. The highest BCUT2D eigenvalue weighted by atomic mass is 16.5.